The van der Waals surface area contributed by atoms with Gasteiger partial charge in [0.05, 0.1) is 6.26 Å². The molecule has 2 rings (SSSR count). The minimum absolute atomic E-state index is 0.142. The van der Waals surface area contributed by atoms with Crippen molar-refractivity contribution in [3.8, 4) is 0 Å². The number of nitrogens with one attached hydrogen (secondary N) is 1. The Balaban J connectivity index is 2.22. The van der Waals surface area contributed by atoms with Crippen LogP contribution in [-0.2, 0) is 6.42 Å². The predicted molar refractivity (Wildman–Crippen MR) is 70.1 cm³/mol. The first-order valence-corrected chi connectivity index (χ1v) is 6.07. The molecule has 2 nitrogen and oxygen atoms in total. The van der Waals surface area contributed by atoms with Gasteiger partial charge in [-0.05, 0) is 56.6 Å². The van der Waals surface area contributed by atoms with E-state index in [1.807, 2.05) is 33.0 Å². The summed E-state index contributed by atoms with van der Waals surface area (Å²) < 4.78 is 18.6. The van der Waals surface area contributed by atoms with Crippen LogP contribution in [0.5, 0.6) is 0 Å². The molecule has 96 valence electrons. The fourth-order valence-corrected chi connectivity index (χ4v) is 2.11. The molecule has 0 aliphatic carbocycles. The molecular weight excluding hydrogens is 229 g/mol. The van der Waals surface area contributed by atoms with Gasteiger partial charge < -0.3 is 9.73 Å². The Morgan fingerprint density at radius 2 is 2.06 bits per heavy atom. The van der Waals surface area contributed by atoms with Crippen molar-refractivity contribution in [1.29, 1.82) is 0 Å². The molecule has 2 aromatic rings. The Kier molecular flexibility index (Phi) is 3.82. The molecule has 0 bridgehead atoms. The molecule has 0 saturated carbocycles. The van der Waals surface area contributed by atoms with Crippen molar-refractivity contribution in [3.05, 3.63) is 58.8 Å². The van der Waals surface area contributed by atoms with E-state index >= 15 is 0 Å². The molecule has 0 aliphatic rings. The average molecular weight is 247 g/mol. The Hall–Kier alpha value is -1.61. The summed E-state index contributed by atoms with van der Waals surface area (Å²) >= 11 is 0. The van der Waals surface area contributed by atoms with Crippen molar-refractivity contribution < 1.29 is 8.81 Å². The van der Waals surface area contributed by atoms with E-state index in [4.69, 9.17) is 4.42 Å². The maximum atomic E-state index is 13.3. The SMILES string of the molecule is CNC(Cc1cc(F)ccc1C)c1coc(C)c1. The first-order chi connectivity index (χ1) is 8.60. The number of hydrogen-bond acceptors (Lipinski definition) is 2. The third-order valence-electron chi connectivity index (χ3n) is 3.24. The summed E-state index contributed by atoms with van der Waals surface area (Å²) in [6.07, 6.45) is 2.50. The van der Waals surface area contributed by atoms with Gasteiger partial charge in [0.1, 0.15) is 11.6 Å². The normalized spacial score (nSPS) is 12.7. The maximum Gasteiger partial charge on any atom is 0.123 e. The van der Waals surface area contributed by atoms with Gasteiger partial charge in [-0.15, -0.1) is 0 Å². The Labute approximate surface area is 107 Å². The fraction of sp³-hybridized carbons (Fsp3) is 0.333. The lowest BCUT2D eigenvalue weighted by molar-refractivity contribution is 0.519. The lowest BCUT2D eigenvalue weighted by Crippen LogP contribution is -2.18. The van der Waals surface area contributed by atoms with E-state index in [9.17, 15) is 4.39 Å². The van der Waals surface area contributed by atoms with Gasteiger partial charge in [0.15, 0.2) is 0 Å². The molecule has 1 heterocycles. The van der Waals surface area contributed by atoms with Gasteiger partial charge >= 0.3 is 0 Å². The zero-order valence-corrected chi connectivity index (χ0v) is 11.0. The van der Waals surface area contributed by atoms with Crippen LogP contribution in [0.3, 0.4) is 0 Å². The highest BCUT2D eigenvalue weighted by molar-refractivity contribution is 5.29. The molecule has 1 aromatic carbocycles. The summed E-state index contributed by atoms with van der Waals surface area (Å²) in [4.78, 5) is 0. The standard InChI is InChI=1S/C15H18FNO/c1-10-4-5-14(16)7-12(10)8-15(17-3)13-6-11(2)18-9-13/h4-7,9,15,17H,8H2,1-3H3. The second kappa shape index (κ2) is 5.36. The lowest BCUT2D eigenvalue weighted by atomic mass is 9.97. The molecule has 1 atom stereocenters. The minimum atomic E-state index is -0.186. The topological polar surface area (TPSA) is 25.2 Å². The van der Waals surface area contributed by atoms with Crippen LogP contribution in [-0.4, -0.2) is 7.05 Å². The molecule has 1 unspecified atom stereocenters. The summed E-state index contributed by atoms with van der Waals surface area (Å²) in [7, 11) is 1.90. The molecular formula is C15H18FNO. The van der Waals surface area contributed by atoms with E-state index in [0.717, 1.165) is 28.9 Å². The molecule has 0 fully saturated rings. The number of halogens is 1. The van der Waals surface area contributed by atoms with Gasteiger partial charge in [-0.3, -0.25) is 0 Å². The molecule has 0 spiro atoms. The quantitative estimate of drug-likeness (QED) is 0.894. The van der Waals surface area contributed by atoms with Crippen LogP contribution < -0.4 is 5.32 Å². The van der Waals surface area contributed by atoms with Crippen LogP contribution >= 0.6 is 0 Å². The highest BCUT2D eigenvalue weighted by Crippen LogP contribution is 2.22. The minimum Gasteiger partial charge on any atom is -0.469 e. The Morgan fingerprint density at radius 3 is 2.67 bits per heavy atom. The van der Waals surface area contributed by atoms with E-state index < -0.39 is 0 Å². The summed E-state index contributed by atoms with van der Waals surface area (Å²) in [5.74, 6) is 0.704. The van der Waals surface area contributed by atoms with Crippen LogP contribution in [0.25, 0.3) is 0 Å². The van der Waals surface area contributed by atoms with Crippen LogP contribution in [0, 0.1) is 19.7 Å². The second-order valence-corrected chi connectivity index (χ2v) is 4.61. The van der Waals surface area contributed by atoms with Crippen LogP contribution in [0.15, 0.2) is 34.9 Å². The summed E-state index contributed by atoms with van der Waals surface area (Å²) in [5, 5.41) is 3.24. The van der Waals surface area contributed by atoms with Crippen LogP contribution in [0.4, 0.5) is 4.39 Å². The summed E-state index contributed by atoms with van der Waals surface area (Å²) in [5.41, 5.74) is 3.23. The molecule has 3 heteroatoms. The molecule has 0 amide bonds. The Bertz CT molecular complexity index is 533. The smallest absolute Gasteiger partial charge is 0.123 e. The van der Waals surface area contributed by atoms with Gasteiger partial charge in [-0.1, -0.05) is 6.07 Å². The van der Waals surface area contributed by atoms with Crippen molar-refractivity contribution in [2.24, 2.45) is 0 Å². The lowest BCUT2D eigenvalue weighted by Gasteiger charge is -2.16. The van der Waals surface area contributed by atoms with E-state index in [-0.39, 0.29) is 11.9 Å². The van der Waals surface area contributed by atoms with E-state index in [1.165, 1.54) is 6.07 Å². The largest absolute Gasteiger partial charge is 0.469 e. The average Bonchev–Trinajstić information content (AvgIpc) is 2.77. The van der Waals surface area contributed by atoms with E-state index in [2.05, 4.69) is 5.32 Å². The molecule has 1 aromatic heterocycles. The first-order valence-electron chi connectivity index (χ1n) is 6.07. The van der Waals surface area contributed by atoms with Crippen molar-refractivity contribution in [1.82, 2.24) is 5.32 Å². The zero-order chi connectivity index (χ0) is 13.1. The monoisotopic (exact) mass is 247 g/mol. The Morgan fingerprint density at radius 1 is 1.28 bits per heavy atom. The number of likely N-dealkylation sites (N-methyl/N-ethyl adjacent to an activating group) is 1. The number of aryl methyl sites for hydroxylation is 2. The van der Waals surface area contributed by atoms with Crippen molar-refractivity contribution >= 4 is 0 Å². The van der Waals surface area contributed by atoms with Gasteiger partial charge in [-0.25, -0.2) is 4.39 Å². The van der Waals surface area contributed by atoms with Crippen LogP contribution in [0.2, 0.25) is 0 Å². The highest BCUT2D eigenvalue weighted by Gasteiger charge is 2.14. The fourth-order valence-electron chi connectivity index (χ4n) is 2.11. The van der Waals surface area contributed by atoms with Gasteiger partial charge in [0.25, 0.3) is 0 Å². The van der Waals surface area contributed by atoms with Gasteiger partial charge in [0.2, 0.25) is 0 Å². The number of furan rings is 1. The third-order valence-corrected chi connectivity index (χ3v) is 3.24. The third kappa shape index (κ3) is 2.79. The highest BCUT2D eigenvalue weighted by atomic mass is 19.1. The van der Waals surface area contributed by atoms with Crippen molar-refractivity contribution in [3.63, 3.8) is 0 Å². The number of hydrogen-bond donors (Lipinski definition) is 1. The van der Waals surface area contributed by atoms with Crippen LogP contribution in [0.1, 0.15) is 28.5 Å². The number of benzene rings is 1. The molecule has 1 N–H and O–H groups in total. The van der Waals surface area contributed by atoms with Crippen molar-refractivity contribution in [2.75, 3.05) is 7.05 Å². The first kappa shape index (κ1) is 12.8. The maximum absolute atomic E-state index is 13.3. The van der Waals surface area contributed by atoms with E-state index in [0.29, 0.717) is 0 Å². The predicted octanol–water partition coefficient (Wildman–Crippen LogP) is 3.54. The second-order valence-electron chi connectivity index (χ2n) is 4.61. The van der Waals surface area contributed by atoms with E-state index in [1.54, 1.807) is 12.3 Å². The molecule has 0 saturated heterocycles. The number of rotatable bonds is 4. The summed E-state index contributed by atoms with van der Waals surface area (Å²) in [6.45, 7) is 3.92. The van der Waals surface area contributed by atoms with Gasteiger partial charge in [-0.2, -0.15) is 0 Å². The molecule has 0 radical (unpaired) electrons. The van der Waals surface area contributed by atoms with Gasteiger partial charge in [0, 0.05) is 11.6 Å². The zero-order valence-electron chi connectivity index (χ0n) is 11.0. The summed E-state index contributed by atoms with van der Waals surface area (Å²) in [6, 6.07) is 7.07. The van der Waals surface area contributed by atoms with Crippen molar-refractivity contribution in [2.45, 2.75) is 26.3 Å². The molecule has 0 aliphatic heterocycles. The molecule has 18 heavy (non-hydrogen) atoms.